The quantitative estimate of drug-likeness (QED) is 0.741. The lowest BCUT2D eigenvalue weighted by Gasteiger charge is -2.22. The van der Waals surface area contributed by atoms with Crippen LogP contribution in [0.5, 0.6) is 0 Å². The predicted molar refractivity (Wildman–Crippen MR) is 110 cm³/mol. The molecular weight excluding hydrogens is 338 g/mol. The van der Waals surface area contributed by atoms with Crippen LogP contribution in [0.4, 0.5) is 5.69 Å². The topological polar surface area (TPSA) is 52.6 Å². The Bertz CT molecular complexity index is 727. The fourth-order valence-electron chi connectivity index (χ4n) is 2.81. The Kier molecular flexibility index (Phi) is 7.86. The second-order valence-electron chi connectivity index (χ2n) is 6.73. The molecule has 27 heavy (non-hydrogen) atoms. The van der Waals surface area contributed by atoms with Gasteiger partial charge in [0.15, 0.2) is 0 Å². The van der Waals surface area contributed by atoms with Crippen molar-refractivity contribution in [2.45, 2.75) is 26.3 Å². The summed E-state index contributed by atoms with van der Waals surface area (Å²) in [5.41, 5.74) is 3.20. The Hall–Kier alpha value is -2.82. The number of carbonyl (C=O) groups excluding carboxylic acids is 2. The molecule has 0 heterocycles. The third-order valence-corrected chi connectivity index (χ3v) is 4.43. The van der Waals surface area contributed by atoms with Gasteiger partial charge >= 0.3 is 0 Å². The number of benzene rings is 2. The number of nitrogens with one attached hydrogen (secondary N) is 1. The molecule has 2 aromatic rings. The van der Waals surface area contributed by atoms with E-state index in [1.165, 1.54) is 0 Å². The number of rotatable bonds is 9. The Morgan fingerprint density at radius 2 is 1.59 bits per heavy atom. The van der Waals surface area contributed by atoms with Crippen molar-refractivity contribution in [2.24, 2.45) is 0 Å². The van der Waals surface area contributed by atoms with Gasteiger partial charge in [0, 0.05) is 45.8 Å². The standard InChI is InChI=1S/C22H29N3O2/c1-4-25(17-19-10-12-20(13-11-19)24(2)3)22(27)14-15-23-21(26)16-18-8-6-5-7-9-18/h5-13H,4,14-17H2,1-3H3,(H,23,26). The summed E-state index contributed by atoms with van der Waals surface area (Å²) in [6.45, 7) is 3.56. The molecule has 0 saturated heterocycles. The van der Waals surface area contributed by atoms with Crippen LogP contribution in [0.25, 0.3) is 0 Å². The van der Waals surface area contributed by atoms with Crippen LogP contribution in [0.1, 0.15) is 24.5 Å². The van der Waals surface area contributed by atoms with E-state index in [-0.39, 0.29) is 11.8 Å². The van der Waals surface area contributed by atoms with Crippen molar-refractivity contribution in [3.05, 3.63) is 65.7 Å². The molecule has 2 rings (SSSR count). The first-order valence-corrected chi connectivity index (χ1v) is 9.34. The molecular formula is C22H29N3O2. The van der Waals surface area contributed by atoms with E-state index in [4.69, 9.17) is 0 Å². The fourth-order valence-corrected chi connectivity index (χ4v) is 2.81. The van der Waals surface area contributed by atoms with Gasteiger partial charge in [-0.25, -0.2) is 0 Å². The molecule has 0 aliphatic heterocycles. The summed E-state index contributed by atoms with van der Waals surface area (Å²) in [4.78, 5) is 28.3. The second kappa shape index (κ2) is 10.4. The van der Waals surface area contributed by atoms with E-state index in [1.807, 2.05) is 73.3 Å². The molecule has 2 aromatic carbocycles. The summed E-state index contributed by atoms with van der Waals surface area (Å²) in [5, 5.41) is 2.83. The van der Waals surface area contributed by atoms with Gasteiger partial charge in [-0.2, -0.15) is 0 Å². The maximum atomic E-state index is 12.5. The smallest absolute Gasteiger partial charge is 0.224 e. The van der Waals surface area contributed by atoms with E-state index in [0.29, 0.717) is 32.5 Å². The first-order chi connectivity index (χ1) is 13.0. The molecule has 0 aliphatic carbocycles. The summed E-state index contributed by atoms with van der Waals surface area (Å²) in [6, 6.07) is 17.8. The number of hydrogen-bond donors (Lipinski definition) is 1. The minimum atomic E-state index is -0.0590. The van der Waals surface area contributed by atoms with Crippen molar-refractivity contribution in [2.75, 3.05) is 32.1 Å². The highest BCUT2D eigenvalue weighted by atomic mass is 16.2. The minimum Gasteiger partial charge on any atom is -0.378 e. The van der Waals surface area contributed by atoms with Crippen LogP contribution in [0, 0.1) is 0 Å². The molecule has 0 saturated carbocycles. The average molecular weight is 367 g/mol. The Labute approximate surface area is 162 Å². The van der Waals surface area contributed by atoms with Crippen molar-refractivity contribution in [3.8, 4) is 0 Å². The lowest BCUT2D eigenvalue weighted by molar-refractivity contribution is -0.131. The maximum absolute atomic E-state index is 12.5. The van der Waals surface area contributed by atoms with Crippen molar-refractivity contribution >= 4 is 17.5 Å². The van der Waals surface area contributed by atoms with Crippen molar-refractivity contribution in [3.63, 3.8) is 0 Å². The van der Waals surface area contributed by atoms with Gasteiger partial charge in [-0.05, 0) is 30.2 Å². The van der Waals surface area contributed by atoms with E-state index >= 15 is 0 Å². The van der Waals surface area contributed by atoms with Crippen LogP contribution >= 0.6 is 0 Å². The first-order valence-electron chi connectivity index (χ1n) is 9.34. The van der Waals surface area contributed by atoms with Gasteiger partial charge in [-0.1, -0.05) is 42.5 Å². The zero-order valence-corrected chi connectivity index (χ0v) is 16.4. The molecule has 0 aliphatic rings. The average Bonchev–Trinajstić information content (AvgIpc) is 2.67. The van der Waals surface area contributed by atoms with Crippen molar-refractivity contribution in [1.82, 2.24) is 10.2 Å². The van der Waals surface area contributed by atoms with Crippen LogP contribution in [0.3, 0.4) is 0 Å². The summed E-state index contributed by atoms with van der Waals surface area (Å²) < 4.78 is 0. The maximum Gasteiger partial charge on any atom is 0.224 e. The van der Waals surface area contributed by atoms with Gasteiger partial charge in [0.2, 0.25) is 11.8 Å². The Morgan fingerprint density at radius 1 is 0.926 bits per heavy atom. The highest BCUT2D eigenvalue weighted by Gasteiger charge is 2.13. The predicted octanol–water partition coefficient (Wildman–Crippen LogP) is 2.85. The normalized spacial score (nSPS) is 10.3. The van der Waals surface area contributed by atoms with Gasteiger partial charge in [0.1, 0.15) is 0 Å². The minimum absolute atomic E-state index is 0.0502. The molecule has 5 nitrogen and oxygen atoms in total. The number of carbonyl (C=O) groups is 2. The highest BCUT2D eigenvalue weighted by molar-refractivity contribution is 5.80. The fraction of sp³-hybridized carbons (Fsp3) is 0.364. The number of anilines is 1. The molecule has 0 bridgehead atoms. The molecule has 0 unspecified atom stereocenters. The Balaban J connectivity index is 1.78. The van der Waals surface area contributed by atoms with Crippen molar-refractivity contribution in [1.29, 1.82) is 0 Å². The van der Waals surface area contributed by atoms with Crippen LogP contribution < -0.4 is 10.2 Å². The molecule has 0 spiro atoms. The molecule has 0 aromatic heterocycles. The molecule has 0 radical (unpaired) electrons. The van der Waals surface area contributed by atoms with Crippen LogP contribution in [-0.4, -0.2) is 43.9 Å². The van der Waals surface area contributed by atoms with Gasteiger partial charge in [0.25, 0.3) is 0 Å². The first kappa shape index (κ1) is 20.5. The molecule has 0 atom stereocenters. The number of amides is 2. The summed E-state index contributed by atoms with van der Waals surface area (Å²) in [7, 11) is 4.01. The number of hydrogen-bond acceptors (Lipinski definition) is 3. The molecule has 2 amide bonds. The summed E-state index contributed by atoms with van der Waals surface area (Å²) in [6.07, 6.45) is 0.648. The molecule has 0 fully saturated rings. The third kappa shape index (κ3) is 6.77. The zero-order chi connectivity index (χ0) is 19.6. The molecule has 144 valence electrons. The Morgan fingerprint density at radius 3 is 2.19 bits per heavy atom. The third-order valence-electron chi connectivity index (χ3n) is 4.43. The van der Waals surface area contributed by atoms with Gasteiger partial charge in [0.05, 0.1) is 6.42 Å². The lowest BCUT2D eigenvalue weighted by Crippen LogP contribution is -2.34. The SMILES string of the molecule is CCN(Cc1ccc(N(C)C)cc1)C(=O)CCNC(=O)Cc1ccccc1. The number of nitrogens with zero attached hydrogens (tertiary/aromatic N) is 2. The second-order valence-corrected chi connectivity index (χ2v) is 6.73. The summed E-state index contributed by atoms with van der Waals surface area (Å²) >= 11 is 0. The van der Waals surface area contributed by atoms with E-state index in [0.717, 1.165) is 16.8 Å². The van der Waals surface area contributed by atoms with E-state index < -0.39 is 0 Å². The van der Waals surface area contributed by atoms with Crippen LogP contribution in [0.15, 0.2) is 54.6 Å². The van der Waals surface area contributed by atoms with Crippen LogP contribution in [-0.2, 0) is 22.6 Å². The van der Waals surface area contributed by atoms with Crippen LogP contribution in [0.2, 0.25) is 0 Å². The molecule has 1 N–H and O–H groups in total. The molecule has 5 heteroatoms. The largest absolute Gasteiger partial charge is 0.378 e. The van der Waals surface area contributed by atoms with E-state index in [9.17, 15) is 9.59 Å². The van der Waals surface area contributed by atoms with Gasteiger partial charge < -0.3 is 15.1 Å². The monoisotopic (exact) mass is 367 g/mol. The lowest BCUT2D eigenvalue weighted by atomic mass is 10.1. The van der Waals surface area contributed by atoms with Crippen molar-refractivity contribution < 1.29 is 9.59 Å². The zero-order valence-electron chi connectivity index (χ0n) is 16.4. The highest BCUT2D eigenvalue weighted by Crippen LogP contribution is 2.14. The van der Waals surface area contributed by atoms with Gasteiger partial charge in [-0.3, -0.25) is 9.59 Å². The van der Waals surface area contributed by atoms with E-state index in [1.54, 1.807) is 0 Å². The van der Waals surface area contributed by atoms with Gasteiger partial charge in [-0.15, -0.1) is 0 Å². The van der Waals surface area contributed by atoms with E-state index in [2.05, 4.69) is 17.4 Å². The summed E-state index contributed by atoms with van der Waals surface area (Å²) in [5.74, 6) is -0.00878.